The topological polar surface area (TPSA) is 105 Å². The number of likely N-dealkylation sites (tertiary alicyclic amines) is 1. The predicted molar refractivity (Wildman–Crippen MR) is 102 cm³/mol. The van der Waals surface area contributed by atoms with E-state index in [0.717, 1.165) is 25.9 Å². The minimum absolute atomic E-state index is 0.0166. The van der Waals surface area contributed by atoms with E-state index in [9.17, 15) is 19.5 Å². The Morgan fingerprint density at radius 2 is 1.75 bits per heavy atom. The number of hydrogen-bond donors (Lipinski definition) is 2. The molecule has 0 aliphatic carbocycles. The fraction of sp³-hybridized carbons (Fsp3) is 0.550. The Bertz CT molecular complexity index is 690. The van der Waals surface area contributed by atoms with Crippen molar-refractivity contribution in [2.75, 3.05) is 19.7 Å². The van der Waals surface area contributed by atoms with Crippen molar-refractivity contribution in [2.24, 2.45) is 0 Å². The highest BCUT2D eigenvalue weighted by molar-refractivity contribution is 5.80. The van der Waals surface area contributed by atoms with E-state index in [-0.39, 0.29) is 18.9 Å². The van der Waals surface area contributed by atoms with Gasteiger partial charge in [-0.15, -0.1) is 0 Å². The number of benzene rings is 1. The Morgan fingerprint density at radius 3 is 2.29 bits per heavy atom. The zero-order valence-corrected chi connectivity index (χ0v) is 16.6. The summed E-state index contributed by atoms with van der Waals surface area (Å²) in [5, 5.41) is 11.7. The number of ether oxygens (including phenoxy) is 2. The van der Waals surface area contributed by atoms with Crippen molar-refractivity contribution < 1.29 is 29.0 Å². The van der Waals surface area contributed by atoms with Crippen LogP contribution in [0, 0.1) is 0 Å². The molecule has 1 fully saturated rings. The van der Waals surface area contributed by atoms with Gasteiger partial charge >= 0.3 is 12.1 Å². The fourth-order valence-corrected chi connectivity index (χ4v) is 2.81. The molecule has 2 rings (SSSR count). The van der Waals surface area contributed by atoms with Crippen LogP contribution in [0.5, 0.6) is 5.75 Å². The highest BCUT2D eigenvalue weighted by Crippen LogP contribution is 2.15. The van der Waals surface area contributed by atoms with Gasteiger partial charge in [0, 0.05) is 19.5 Å². The van der Waals surface area contributed by atoms with Gasteiger partial charge in [-0.25, -0.2) is 9.59 Å². The van der Waals surface area contributed by atoms with Crippen LogP contribution in [0.15, 0.2) is 24.3 Å². The minimum atomic E-state index is -1.15. The molecule has 0 spiro atoms. The van der Waals surface area contributed by atoms with Gasteiger partial charge in [-0.2, -0.15) is 0 Å². The second-order valence-corrected chi connectivity index (χ2v) is 7.76. The lowest BCUT2D eigenvalue weighted by atomic mass is 10.1. The molecule has 1 heterocycles. The maximum atomic E-state index is 12.0. The molecule has 0 aromatic heterocycles. The molecule has 1 aromatic carbocycles. The van der Waals surface area contributed by atoms with Crippen LogP contribution < -0.4 is 10.1 Å². The highest BCUT2D eigenvalue weighted by Gasteiger charge is 2.24. The summed E-state index contributed by atoms with van der Waals surface area (Å²) in [7, 11) is 0. The van der Waals surface area contributed by atoms with Gasteiger partial charge in [0.25, 0.3) is 5.91 Å². The molecule has 0 saturated carbocycles. The van der Waals surface area contributed by atoms with Gasteiger partial charge in [-0.05, 0) is 51.3 Å². The van der Waals surface area contributed by atoms with Crippen molar-refractivity contribution in [3.8, 4) is 5.75 Å². The second kappa shape index (κ2) is 9.43. The molecular weight excluding hydrogens is 364 g/mol. The molecule has 8 heteroatoms. The van der Waals surface area contributed by atoms with Crippen LogP contribution in [0.2, 0.25) is 0 Å². The summed E-state index contributed by atoms with van der Waals surface area (Å²) < 4.78 is 10.6. The number of nitrogens with zero attached hydrogens (tertiary/aromatic N) is 1. The lowest BCUT2D eigenvalue weighted by Crippen LogP contribution is -2.44. The van der Waals surface area contributed by atoms with E-state index in [1.54, 1.807) is 49.9 Å². The zero-order chi connectivity index (χ0) is 20.7. The minimum Gasteiger partial charge on any atom is -0.484 e. The summed E-state index contributed by atoms with van der Waals surface area (Å²) in [5.41, 5.74) is 0.000192. The normalized spacial score (nSPS) is 15.0. The Labute approximate surface area is 164 Å². The Balaban J connectivity index is 1.87. The number of amides is 2. The Morgan fingerprint density at radius 1 is 1.14 bits per heavy atom. The average molecular weight is 392 g/mol. The summed E-state index contributed by atoms with van der Waals surface area (Å²) >= 11 is 0. The molecule has 1 aliphatic rings. The van der Waals surface area contributed by atoms with Crippen LogP contribution in [0.25, 0.3) is 0 Å². The summed E-state index contributed by atoms with van der Waals surface area (Å²) in [6, 6.07) is 5.67. The molecule has 1 saturated heterocycles. The Kier molecular flexibility index (Phi) is 7.25. The SMILES string of the molecule is CC(C)(C)OC(=O)NC(Cc1ccc(OCC(=O)N2CCCC2)cc1)C(=O)O. The molecule has 0 bridgehead atoms. The first-order valence-corrected chi connectivity index (χ1v) is 9.36. The zero-order valence-electron chi connectivity index (χ0n) is 16.6. The van der Waals surface area contributed by atoms with E-state index < -0.39 is 23.7 Å². The van der Waals surface area contributed by atoms with E-state index in [2.05, 4.69) is 5.32 Å². The number of alkyl carbamates (subject to hydrolysis) is 1. The van der Waals surface area contributed by atoms with Crippen molar-refractivity contribution in [1.82, 2.24) is 10.2 Å². The van der Waals surface area contributed by atoms with Gasteiger partial charge < -0.3 is 24.8 Å². The number of carbonyl (C=O) groups excluding carboxylic acids is 2. The van der Waals surface area contributed by atoms with Crippen LogP contribution in [0.1, 0.15) is 39.2 Å². The van der Waals surface area contributed by atoms with Gasteiger partial charge in [0.1, 0.15) is 17.4 Å². The van der Waals surface area contributed by atoms with Gasteiger partial charge in [0.05, 0.1) is 0 Å². The van der Waals surface area contributed by atoms with E-state index in [1.165, 1.54) is 0 Å². The van der Waals surface area contributed by atoms with Crippen LogP contribution in [-0.2, 0) is 20.7 Å². The molecule has 1 aromatic rings. The third-order valence-corrected chi connectivity index (χ3v) is 4.17. The maximum absolute atomic E-state index is 12.0. The first-order chi connectivity index (χ1) is 13.1. The molecule has 0 radical (unpaired) electrons. The first kappa shape index (κ1) is 21.5. The standard InChI is InChI=1S/C20H28N2O6/c1-20(2,3)28-19(26)21-16(18(24)25)12-14-6-8-15(9-7-14)27-13-17(23)22-10-4-5-11-22/h6-9,16H,4-5,10-13H2,1-3H3,(H,21,26)(H,24,25). The number of carboxylic acids is 1. The molecular formula is C20H28N2O6. The quantitative estimate of drug-likeness (QED) is 0.737. The Hall–Kier alpha value is -2.77. The summed E-state index contributed by atoms with van der Waals surface area (Å²) in [5.74, 6) is -0.653. The van der Waals surface area contributed by atoms with Crippen LogP contribution in [-0.4, -0.2) is 59.3 Å². The summed E-state index contributed by atoms with van der Waals surface area (Å²) in [4.78, 5) is 37.0. The first-order valence-electron chi connectivity index (χ1n) is 9.36. The number of nitrogens with one attached hydrogen (secondary N) is 1. The van der Waals surface area contributed by atoms with E-state index in [1.807, 2.05) is 0 Å². The number of rotatable bonds is 7. The van der Waals surface area contributed by atoms with E-state index >= 15 is 0 Å². The number of hydrogen-bond acceptors (Lipinski definition) is 5. The van der Waals surface area contributed by atoms with Gasteiger partial charge in [-0.3, -0.25) is 4.79 Å². The third-order valence-electron chi connectivity index (χ3n) is 4.17. The summed E-state index contributed by atoms with van der Waals surface area (Å²) in [6.07, 6.45) is 1.38. The predicted octanol–water partition coefficient (Wildman–Crippen LogP) is 2.21. The number of carboxylic acid groups (broad SMARTS) is 1. The monoisotopic (exact) mass is 392 g/mol. The van der Waals surface area contributed by atoms with Crippen molar-refractivity contribution in [1.29, 1.82) is 0 Å². The van der Waals surface area contributed by atoms with Gasteiger partial charge in [0.15, 0.2) is 6.61 Å². The third kappa shape index (κ3) is 7.09. The van der Waals surface area contributed by atoms with E-state index in [0.29, 0.717) is 11.3 Å². The lowest BCUT2D eigenvalue weighted by molar-refractivity contribution is -0.139. The van der Waals surface area contributed by atoms with Crippen molar-refractivity contribution >= 4 is 18.0 Å². The molecule has 2 amide bonds. The molecule has 1 atom stereocenters. The summed E-state index contributed by atoms with van der Waals surface area (Å²) in [6.45, 7) is 6.66. The molecule has 1 aliphatic heterocycles. The smallest absolute Gasteiger partial charge is 0.408 e. The molecule has 1 unspecified atom stereocenters. The van der Waals surface area contributed by atoms with Crippen LogP contribution >= 0.6 is 0 Å². The average Bonchev–Trinajstić information content (AvgIpc) is 3.13. The van der Waals surface area contributed by atoms with Crippen LogP contribution in [0.4, 0.5) is 4.79 Å². The van der Waals surface area contributed by atoms with Crippen LogP contribution in [0.3, 0.4) is 0 Å². The number of carbonyl (C=O) groups is 3. The molecule has 8 nitrogen and oxygen atoms in total. The van der Waals surface area contributed by atoms with Crippen molar-refractivity contribution in [3.63, 3.8) is 0 Å². The number of aliphatic carboxylic acids is 1. The largest absolute Gasteiger partial charge is 0.484 e. The van der Waals surface area contributed by atoms with E-state index in [4.69, 9.17) is 9.47 Å². The van der Waals surface area contributed by atoms with Gasteiger partial charge in [-0.1, -0.05) is 12.1 Å². The lowest BCUT2D eigenvalue weighted by Gasteiger charge is -2.22. The van der Waals surface area contributed by atoms with Crippen molar-refractivity contribution in [3.05, 3.63) is 29.8 Å². The fourth-order valence-electron chi connectivity index (χ4n) is 2.81. The van der Waals surface area contributed by atoms with Crippen molar-refractivity contribution in [2.45, 2.75) is 51.7 Å². The highest BCUT2D eigenvalue weighted by atomic mass is 16.6. The maximum Gasteiger partial charge on any atom is 0.408 e. The molecule has 28 heavy (non-hydrogen) atoms. The molecule has 154 valence electrons. The molecule has 2 N–H and O–H groups in total. The second-order valence-electron chi connectivity index (χ2n) is 7.76. The van der Waals surface area contributed by atoms with Gasteiger partial charge in [0.2, 0.25) is 0 Å².